The monoisotopic (exact) mass is 140 g/mol. The molecule has 4 heteroatoms. The fourth-order valence-electron chi connectivity index (χ4n) is 0.755. The van der Waals surface area contributed by atoms with Crippen LogP contribution in [-0.4, -0.2) is 22.0 Å². The summed E-state index contributed by atoms with van der Waals surface area (Å²) in [7, 11) is 1.89. The molecule has 1 aromatic heterocycles. The van der Waals surface area contributed by atoms with E-state index in [1.54, 1.807) is 0 Å². The summed E-state index contributed by atoms with van der Waals surface area (Å²) in [6.45, 7) is 3.72. The predicted molar refractivity (Wildman–Crippen MR) is 38.5 cm³/mol. The number of hydrogen-bond donors (Lipinski definition) is 1. The molecule has 0 aliphatic rings. The topological polar surface area (TPSA) is 42.7 Å². The highest BCUT2D eigenvalue weighted by molar-refractivity contribution is 4.90. The molecule has 0 unspecified atom stereocenters. The molecule has 0 aliphatic heterocycles. The van der Waals surface area contributed by atoms with Crippen LogP contribution in [0.15, 0.2) is 6.20 Å². The third kappa shape index (κ3) is 1.54. The molecule has 1 heterocycles. The van der Waals surface area contributed by atoms with Crippen LogP contribution in [0.5, 0.6) is 0 Å². The molecule has 1 N–H and O–H groups in total. The van der Waals surface area contributed by atoms with Gasteiger partial charge in [-0.1, -0.05) is 5.21 Å². The van der Waals surface area contributed by atoms with Crippen molar-refractivity contribution in [2.45, 2.75) is 20.0 Å². The van der Waals surface area contributed by atoms with Crippen molar-refractivity contribution >= 4 is 0 Å². The Balaban J connectivity index is 2.59. The third-order valence-corrected chi connectivity index (χ3v) is 1.27. The maximum atomic E-state index is 3.93. The third-order valence-electron chi connectivity index (χ3n) is 1.27. The van der Waals surface area contributed by atoms with Gasteiger partial charge in [-0.05, 0) is 14.0 Å². The summed E-state index contributed by atoms with van der Waals surface area (Å²) >= 11 is 0. The van der Waals surface area contributed by atoms with Crippen LogP contribution < -0.4 is 5.32 Å². The molecule has 0 saturated carbocycles. The van der Waals surface area contributed by atoms with Gasteiger partial charge in [-0.3, -0.25) is 4.68 Å². The number of rotatable bonds is 3. The Morgan fingerprint density at radius 1 is 1.70 bits per heavy atom. The molecule has 0 amide bonds. The van der Waals surface area contributed by atoms with Gasteiger partial charge in [0.05, 0.1) is 5.69 Å². The molecule has 1 aromatic rings. The second-order valence-corrected chi connectivity index (χ2v) is 2.10. The van der Waals surface area contributed by atoms with Crippen LogP contribution in [0.4, 0.5) is 0 Å². The first-order chi connectivity index (χ1) is 4.86. The highest BCUT2D eigenvalue weighted by Crippen LogP contribution is 1.90. The minimum absolute atomic E-state index is 0.792. The Labute approximate surface area is 60.2 Å². The van der Waals surface area contributed by atoms with E-state index >= 15 is 0 Å². The van der Waals surface area contributed by atoms with Crippen LogP contribution in [-0.2, 0) is 13.1 Å². The molecule has 0 atom stereocenters. The minimum atomic E-state index is 0.792. The number of aryl methyl sites for hydroxylation is 1. The van der Waals surface area contributed by atoms with Gasteiger partial charge < -0.3 is 5.32 Å². The van der Waals surface area contributed by atoms with Gasteiger partial charge in [-0.25, -0.2) is 0 Å². The summed E-state index contributed by atoms with van der Waals surface area (Å²) in [5.74, 6) is 0. The molecule has 10 heavy (non-hydrogen) atoms. The number of hydrogen-bond acceptors (Lipinski definition) is 3. The van der Waals surface area contributed by atoms with Crippen molar-refractivity contribution in [3.8, 4) is 0 Å². The van der Waals surface area contributed by atoms with Gasteiger partial charge in [0.2, 0.25) is 0 Å². The SMILES string of the molecule is CCn1cc(CNC)nn1. The fourth-order valence-corrected chi connectivity index (χ4v) is 0.755. The molecule has 0 fully saturated rings. The number of aromatic nitrogens is 3. The zero-order valence-electron chi connectivity index (χ0n) is 6.33. The lowest BCUT2D eigenvalue weighted by atomic mass is 10.5. The van der Waals surface area contributed by atoms with Gasteiger partial charge in [0.15, 0.2) is 0 Å². The van der Waals surface area contributed by atoms with Crippen LogP contribution in [0.25, 0.3) is 0 Å². The van der Waals surface area contributed by atoms with E-state index in [1.165, 1.54) is 0 Å². The Bertz CT molecular complexity index is 193. The smallest absolute Gasteiger partial charge is 0.0964 e. The van der Waals surface area contributed by atoms with Crippen LogP contribution in [0.3, 0.4) is 0 Å². The highest BCUT2D eigenvalue weighted by Gasteiger charge is 1.95. The van der Waals surface area contributed by atoms with Crippen molar-refractivity contribution in [3.63, 3.8) is 0 Å². The molecule has 0 saturated heterocycles. The van der Waals surface area contributed by atoms with Crippen LogP contribution in [0.2, 0.25) is 0 Å². The van der Waals surface area contributed by atoms with Crippen LogP contribution in [0.1, 0.15) is 12.6 Å². The Hall–Kier alpha value is -0.900. The van der Waals surface area contributed by atoms with Crippen molar-refractivity contribution in [2.24, 2.45) is 0 Å². The maximum absolute atomic E-state index is 3.93. The fraction of sp³-hybridized carbons (Fsp3) is 0.667. The van der Waals surface area contributed by atoms with E-state index in [1.807, 2.05) is 24.9 Å². The lowest BCUT2D eigenvalue weighted by Crippen LogP contribution is -2.04. The van der Waals surface area contributed by atoms with E-state index in [0.29, 0.717) is 0 Å². The van der Waals surface area contributed by atoms with E-state index in [-0.39, 0.29) is 0 Å². The molecule has 0 aromatic carbocycles. The maximum Gasteiger partial charge on any atom is 0.0964 e. The average molecular weight is 140 g/mol. The number of nitrogens with one attached hydrogen (secondary N) is 1. The molecular formula is C6H12N4. The quantitative estimate of drug-likeness (QED) is 0.643. The van der Waals surface area contributed by atoms with Gasteiger partial charge in [0, 0.05) is 19.3 Å². The van der Waals surface area contributed by atoms with Gasteiger partial charge in [-0.15, -0.1) is 5.10 Å². The minimum Gasteiger partial charge on any atom is -0.314 e. The molecule has 0 radical (unpaired) electrons. The summed E-state index contributed by atoms with van der Waals surface area (Å²) in [5, 5.41) is 10.8. The summed E-state index contributed by atoms with van der Waals surface area (Å²) in [6, 6.07) is 0. The standard InChI is InChI=1S/C6H12N4/c1-3-10-5-6(4-7-2)8-9-10/h5,7H,3-4H2,1-2H3. The predicted octanol–water partition coefficient (Wildman–Crippen LogP) is 0.0174. The van der Waals surface area contributed by atoms with Crippen molar-refractivity contribution in [2.75, 3.05) is 7.05 Å². The zero-order valence-corrected chi connectivity index (χ0v) is 6.33. The molecule has 0 spiro atoms. The van der Waals surface area contributed by atoms with Crippen molar-refractivity contribution in [1.29, 1.82) is 0 Å². The molecule has 0 aliphatic carbocycles. The zero-order chi connectivity index (χ0) is 7.40. The van der Waals surface area contributed by atoms with Gasteiger partial charge in [0.25, 0.3) is 0 Å². The summed E-state index contributed by atoms with van der Waals surface area (Å²) in [6.07, 6.45) is 1.94. The molecule has 0 bridgehead atoms. The van der Waals surface area contributed by atoms with Gasteiger partial charge in [0.1, 0.15) is 0 Å². The van der Waals surface area contributed by atoms with Crippen molar-refractivity contribution < 1.29 is 0 Å². The van der Waals surface area contributed by atoms with Crippen LogP contribution in [0, 0.1) is 0 Å². The van der Waals surface area contributed by atoms with E-state index in [2.05, 4.69) is 15.6 Å². The Kier molecular flexibility index (Phi) is 2.39. The first-order valence-corrected chi connectivity index (χ1v) is 3.40. The van der Waals surface area contributed by atoms with Gasteiger partial charge >= 0.3 is 0 Å². The second-order valence-electron chi connectivity index (χ2n) is 2.10. The van der Waals surface area contributed by atoms with E-state index in [9.17, 15) is 0 Å². The van der Waals surface area contributed by atoms with E-state index < -0.39 is 0 Å². The lowest BCUT2D eigenvalue weighted by molar-refractivity contribution is 0.626. The first kappa shape index (κ1) is 7.21. The highest BCUT2D eigenvalue weighted by atomic mass is 15.4. The summed E-state index contributed by atoms with van der Waals surface area (Å²) < 4.78 is 1.81. The number of nitrogens with zero attached hydrogens (tertiary/aromatic N) is 3. The normalized spacial score (nSPS) is 10.2. The molecule has 56 valence electrons. The largest absolute Gasteiger partial charge is 0.314 e. The summed E-state index contributed by atoms with van der Waals surface area (Å²) in [5.41, 5.74) is 0.990. The van der Waals surface area contributed by atoms with E-state index in [4.69, 9.17) is 0 Å². The molecular weight excluding hydrogens is 128 g/mol. The molecule has 1 rings (SSSR count). The molecule has 4 nitrogen and oxygen atoms in total. The Morgan fingerprint density at radius 3 is 3.00 bits per heavy atom. The van der Waals surface area contributed by atoms with Crippen molar-refractivity contribution in [1.82, 2.24) is 20.3 Å². The van der Waals surface area contributed by atoms with Crippen LogP contribution >= 0.6 is 0 Å². The Morgan fingerprint density at radius 2 is 2.50 bits per heavy atom. The summed E-state index contributed by atoms with van der Waals surface area (Å²) in [4.78, 5) is 0. The van der Waals surface area contributed by atoms with Crippen molar-refractivity contribution in [3.05, 3.63) is 11.9 Å². The second kappa shape index (κ2) is 3.31. The lowest BCUT2D eigenvalue weighted by Gasteiger charge is -1.89. The first-order valence-electron chi connectivity index (χ1n) is 3.40. The average Bonchev–Trinajstić information content (AvgIpc) is 2.37. The van der Waals surface area contributed by atoms with Gasteiger partial charge in [-0.2, -0.15) is 0 Å². The van der Waals surface area contributed by atoms with E-state index in [0.717, 1.165) is 18.8 Å².